The molecule has 0 aliphatic carbocycles. The highest BCUT2D eigenvalue weighted by atomic mass is 35.5. The van der Waals surface area contributed by atoms with Crippen LogP contribution in [0.2, 0.25) is 5.02 Å². The van der Waals surface area contributed by atoms with E-state index < -0.39 is 6.10 Å². The number of hydrogen-bond acceptors (Lipinski definition) is 3. The third-order valence-electron chi connectivity index (χ3n) is 1.72. The normalized spacial score (nSPS) is 12.5. The third-order valence-corrected chi connectivity index (χ3v) is 2.31. The van der Waals surface area contributed by atoms with Gasteiger partial charge in [-0.3, -0.25) is 0 Å². The van der Waals surface area contributed by atoms with Crippen LogP contribution >= 0.6 is 23.2 Å². The van der Waals surface area contributed by atoms with Crippen LogP contribution in [0.4, 0.5) is 11.4 Å². The second-order valence-corrected chi connectivity index (χ2v) is 3.67. The molecule has 0 radical (unpaired) electrons. The summed E-state index contributed by atoms with van der Waals surface area (Å²) in [4.78, 5) is 0. The molecule has 0 fully saturated rings. The summed E-state index contributed by atoms with van der Waals surface area (Å²) < 4.78 is 0. The standard InChI is InChI=1S/C9H12Cl2N2O/c10-4-7(14)5-13-9-2-1-6(11)3-8(9)12/h1-3,7,13-14H,4-5,12H2. The first-order chi connectivity index (χ1) is 6.63. The Balaban J connectivity index is 2.59. The minimum atomic E-state index is -0.577. The lowest BCUT2D eigenvalue weighted by atomic mass is 10.2. The molecule has 5 heteroatoms. The fourth-order valence-corrected chi connectivity index (χ4v) is 1.27. The van der Waals surface area contributed by atoms with E-state index in [2.05, 4.69) is 5.32 Å². The van der Waals surface area contributed by atoms with Crippen molar-refractivity contribution < 1.29 is 5.11 Å². The van der Waals surface area contributed by atoms with E-state index in [1.54, 1.807) is 18.2 Å². The molecule has 14 heavy (non-hydrogen) atoms. The van der Waals surface area contributed by atoms with E-state index in [4.69, 9.17) is 28.9 Å². The Labute approximate surface area is 92.8 Å². The monoisotopic (exact) mass is 234 g/mol. The highest BCUT2D eigenvalue weighted by Gasteiger charge is 2.03. The average Bonchev–Trinajstić information content (AvgIpc) is 2.16. The Morgan fingerprint density at radius 1 is 1.50 bits per heavy atom. The molecule has 0 bridgehead atoms. The molecule has 1 aromatic rings. The number of nitrogen functional groups attached to an aromatic ring is 1. The van der Waals surface area contributed by atoms with Crippen molar-refractivity contribution >= 4 is 34.6 Å². The van der Waals surface area contributed by atoms with Crippen molar-refractivity contribution in [1.82, 2.24) is 0 Å². The zero-order valence-corrected chi connectivity index (χ0v) is 9.02. The number of benzene rings is 1. The number of hydrogen-bond donors (Lipinski definition) is 3. The number of rotatable bonds is 4. The molecule has 1 unspecified atom stereocenters. The molecule has 0 spiro atoms. The maximum absolute atomic E-state index is 9.20. The molecule has 0 aliphatic rings. The number of halogens is 2. The van der Waals surface area contributed by atoms with E-state index in [-0.39, 0.29) is 5.88 Å². The van der Waals surface area contributed by atoms with Crippen LogP contribution in [0, 0.1) is 0 Å². The van der Waals surface area contributed by atoms with Gasteiger partial charge in [0.1, 0.15) is 0 Å². The largest absolute Gasteiger partial charge is 0.397 e. The van der Waals surface area contributed by atoms with Gasteiger partial charge in [-0.15, -0.1) is 11.6 Å². The van der Waals surface area contributed by atoms with Gasteiger partial charge in [-0.2, -0.15) is 0 Å². The van der Waals surface area contributed by atoms with Crippen molar-refractivity contribution in [1.29, 1.82) is 0 Å². The van der Waals surface area contributed by atoms with E-state index in [0.29, 0.717) is 17.3 Å². The lowest BCUT2D eigenvalue weighted by Gasteiger charge is -2.11. The zero-order chi connectivity index (χ0) is 10.6. The molecular formula is C9H12Cl2N2O. The summed E-state index contributed by atoms with van der Waals surface area (Å²) in [6.45, 7) is 0.370. The Kier molecular flexibility index (Phi) is 4.32. The van der Waals surface area contributed by atoms with Gasteiger partial charge in [-0.1, -0.05) is 11.6 Å². The summed E-state index contributed by atoms with van der Waals surface area (Å²) in [5.74, 6) is 0.195. The molecule has 78 valence electrons. The van der Waals surface area contributed by atoms with Crippen LogP contribution in [0.25, 0.3) is 0 Å². The van der Waals surface area contributed by atoms with Gasteiger partial charge in [0.25, 0.3) is 0 Å². The smallest absolute Gasteiger partial charge is 0.0847 e. The van der Waals surface area contributed by atoms with Crippen molar-refractivity contribution in [2.75, 3.05) is 23.5 Å². The van der Waals surface area contributed by atoms with Crippen molar-refractivity contribution in [3.8, 4) is 0 Å². The van der Waals surface area contributed by atoms with Crippen LogP contribution in [-0.2, 0) is 0 Å². The minimum absolute atomic E-state index is 0.195. The highest BCUT2D eigenvalue weighted by Crippen LogP contribution is 2.22. The molecule has 1 rings (SSSR count). The van der Waals surface area contributed by atoms with Crippen LogP contribution in [-0.4, -0.2) is 23.6 Å². The maximum Gasteiger partial charge on any atom is 0.0847 e. The first-order valence-corrected chi connectivity index (χ1v) is 5.07. The summed E-state index contributed by atoms with van der Waals surface area (Å²) in [7, 11) is 0. The van der Waals surface area contributed by atoms with Gasteiger partial charge >= 0.3 is 0 Å². The Hall–Kier alpha value is -0.640. The lowest BCUT2D eigenvalue weighted by Crippen LogP contribution is -2.21. The fraction of sp³-hybridized carbons (Fsp3) is 0.333. The van der Waals surface area contributed by atoms with Crippen LogP contribution in [0.1, 0.15) is 0 Å². The van der Waals surface area contributed by atoms with Crippen LogP contribution < -0.4 is 11.1 Å². The zero-order valence-electron chi connectivity index (χ0n) is 7.50. The summed E-state index contributed by atoms with van der Waals surface area (Å²) in [6, 6.07) is 5.14. The number of alkyl halides is 1. The Morgan fingerprint density at radius 3 is 2.79 bits per heavy atom. The van der Waals surface area contributed by atoms with Gasteiger partial charge < -0.3 is 16.2 Å². The summed E-state index contributed by atoms with van der Waals surface area (Å²) in [6.07, 6.45) is -0.577. The molecule has 4 N–H and O–H groups in total. The van der Waals surface area contributed by atoms with Crippen LogP contribution in [0.3, 0.4) is 0 Å². The number of anilines is 2. The van der Waals surface area contributed by atoms with Crippen molar-refractivity contribution in [3.63, 3.8) is 0 Å². The molecule has 0 heterocycles. The molecule has 1 atom stereocenters. The van der Waals surface area contributed by atoms with E-state index in [9.17, 15) is 5.11 Å². The highest BCUT2D eigenvalue weighted by molar-refractivity contribution is 6.31. The Morgan fingerprint density at radius 2 is 2.21 bits per heavy atom. The second kappa shape index (κ2) is 5.29. The average molecular weight is 235 g/mol. The molecule has 3 nitrogen and oxygen atoms in total. The number of aliphatic hydroxyl groups is 1. The van der Waals surface area contributed by atoms with E-state index >= 15 is 0 Å². The molecular weight excluding hydrogens is 223 g/mol. The SMILES string of the molecule is Nc1cc(Cl)ccc1NCC(O)CCl. The number of nitrogens with two attached hydrogens (primary N) is 1. The van der Waals surface area contributed by atoms with E-state index in [0.717, 1.165) is 5.69 Å². The quantitative estimate of drug-likeness (QED) is 0.552. The summed E-state index contributed by atoms with van der Waals surface area (Å²) in [5, 5.41) is 12.8. The van der Waals surface area contributed by atoms with Gasteiger partial charge in [0.2, 0.25) is 0 Å². The molecule has 0 aliphatic heterocycles. The Bertz CT molecular complexity index is 307. The number of aliphatic hydroxyl groups excluding tert-OH is 1. The predicted molar refractivity (Wildman–Crippen MR) is 61.1 cm³/mol. The van der Waals surface area contributed by atoms with Crippen molar-refractivity contribution in [2.24, 2.45) is 0 Å². The second-order valence-electron chi connectivity index (χ2n) is 2.92. The van der Waals surface area contributed by atoms with Crippen LogP contribution in [0.5, 0.6) is 0 Å². The van der Waals surface area contributed by atoms with Crippen LogP contribution in [0.15, 0.2) is 18.2 Å². The molecule has 0 aromatic heterocycles. The van der Waals surface area contributed by atoms with Gasteiger partial charge in [0.05, 0.1) is 23.4 Å². The van der Waals surface area contributed by atoms with E-state index in [1.165, 1.54) is 0 Å². The molecule has 0 saturated carbocycles. The molecule has 0 amide bonds. The van der Waals surface area contributed by atoms with Gasteiger partial charge in [-0.05, 0) is 18.2 Å². The lowest BCUT2D eigenvalue weighted by molar-refractivity contribution is 0.211. The van der Waals surface area contributed by atoms with Crippen molar-refractivity contribution in [3.05, 3.63) is 23.2 Å². The summed E-state index contributed by atoms with van der Waals surface area (Å²) in [5.41, 5.74) is 6.99. The maximum atomic E-state index is 9.20. The van der Waals surface area contributed by atoms with Gasteiger partial charge in [0, 0.05) is 11.6 Å². The minimum Gasteiger partial charge on any atom is -0.397 e. The third kappa shape index (κ3) is 3.25. The number of nitrogens with one attached hydrogen (secondary N) is 1. The summed E-state index contributed by atoms with van der Waals surface area (Å²) >= 11 is 11.2. The van der Waals surface area contributed by atoms with Gasteiger partial charge in [0.15, 0.2) is 0 Å². The van der Waals surface area contributed by atoms with Gasteiger partial charge in [-0.25, -0.2) is 0 Å². The van der Waals surface area contributed by atoms with E-state index in [1.807, 2.05) is 0 Å². The first kappa shape index (κ1) is 11.4. The molecule has 0 saturated heterocycles. The first-order valence-electron chi connectivity index (χ1n) is 4.16. The predicted octanol–water partition coefficient (Wildman–Crippen LogP) is 1.93. The fourth-order valence-electron chi connectivity index (χ4n) is 0.977. The van der Waals surface area contributed by atoms with Crippen molar-refractivity contribution in [2.45, 2.75) is 6.10 Å². The molecule has 1 aromatic carbocycles. The topological polar surface area (TPSA) is 58.3 Å².